The lowest BCUT2D eigenvalue weighted by atomic mass is 9.98. The summed E-state index contributed by atoms with van der Waals surface area (Å²) >= 11 is 5.83. The number of aliphatic hydroxyl groups excluding tert-OH is 1. The van der Waals surface area contributed by atoms with Gasteiger partial charge in [0.25, 0.3) is 0 Å². The Balaban J connectivity index is 2.20. The molecule has 8 heteroatoms. The quantitative estimate of drug-likeness (QED) is 0.587. The van der Waals surface area contributed by atoms with Crippen molar-refractivity contribution < 1.29 is 19.4 Å². The zero-order chi connectivity index (χ0) is 22.0. The van der Waals surface area contributed by atoms with E-state index in [1.165, 1.54) is 24.5 Å². The Kier molecular flexibility index (Phi) is 6.53. The number of pyridine rings is 2. The summed E-state index contributed by atoms with van der Waals surface area (Å²) in [5, 5.41) is 19.6. The van der Waals surface area contributed by atoms with Crippen molar-refractivity contribution in [2.45, 2.75) is 32.7 Å². The van der Waals surface area contributed by atoms with Gasteiger partial charge in [0.15, 0.2) is 0 Å². The van der Waals surface area contributed by atoms with E-state index in [1.807, 2.05) is 13.8 Å². The van der Waals surface area contributed by atoms with Gasteiger partial charge in [0.2, 0.25) is 5.43 Å². The summed E-state index contributed by atoms with van der Waals surface area (Å²) in [6, 6.07) is 5.69. The molecule has 30 heavy (non-hydrogen) atoms. The fraction of sp³-hybridized carbons (Fsp3) is 0.318. The number of hydrogen-bond donors (Lipinski definition) is 2. The molecule has 0 saturated carbocycles. The van der Waals surface area contributed by atoms with Gasteiger partial charge >= 0.3 is 5.97 Å². The predicted octanol–water partition coefficient (Wildman–Crippen LogP) is 4.06. The van der Waals surface area contributed by atoms with Gasteiger partial charge in [0.1, 0.15) is 11.4 Å². The van der Waals surface area contributed by atoms with Crippen LogP contribution in [0.1, 0.15) is 47.9 Å². The van der Waals surface area contributed by atoms with Crippen LogP contribution in [0, 0.1) is 11.7 Å². The van der Waals surface area contributed by atoms with Crippen LogP contribution < -0.4 is 5.43 Å². The second-order valence-corrected chi connectivity index (χ2v) is 7.71. The number of aromatic carboxylic acids is 1. The van der Waals surface area contributed by atoms with Crippen molar-refractivity contribution in [3.8, 4) is 0 Å². The highest BCUT2D eigenvalue weighted by Gasteiger charge is 2.23. The van der Waals surface area contributed by atoms with Gasteiger partial charge in [0, 0.05) is 23.7 Å². The highest BCUT2D eigenvalue weighted by molar-refractivity contribution is 6.30. The molecule has 0 saturated heterocycles. The molecule has 1 unspecified atom stereocenters. The number of hydrogen-bond acceptors (Lipinski definition) is 4. The fourth-order valence-electron chi connectivity index (χ4n) is 3.51. The van der Waals surface area contributed by atoms with Crippen LogP contribution in [0.5, 0.6) is 0 Å². The summed E-state index contributed by atoms with van der Waals surface area (Å²) in [4.78, 5) is 28.8. The average Bonchev–Trinajstić information content (AvgIpc) is 2.73. The van der Waals surface area contributed by atoms with Crippen LogP contribution in [0.4, 0.5) is 4.39 Å². The molecular formula is C22H22ClFN2O4. The first-order valence-corrected chi connectivity index (χ1v) is 9.97. The van der Waals surface area contributed by atoms with E-state index in [0.717, 1.165) is 6.42 Å². The van der Waals surface area contributed by atoms with Crippen molar-refractivity contribution in [1.29, 1.82) is 0 Å². The number of aliphatic hydroxyl groups is 1. The molecule has 158 valence electrons. The van der Waals surface area contributed by atoms with Gasteiger partial charge in [-0.25, -0.2) is 9.18 Å². The number of benzene rings is 1. The van der Waals surface area contributed by atoms with Gasteiger partial charge in [-0.3, -0.25) is 9.78 Å². The third-order valence-corrected chi connectivity index (χ3v) is 5.75. The van der Waals surface area contributed by atoms with Crippen LogP contribution in [-0.2, 0) is 6.42 Å². The third kappa shape index (κ3) is 4.08. The zero-order valence-electron chi connectivity index (χ0n) is 16.6. The molecule has 0 bridgehead atoms. The predicted molar refractivity (Wildman–Crippen MR) is 113 cm³/mol. The van der Waals surface area contributed by atoms with E-state index in [2.05, 4.69) is 4.98 Å². The number of carboxylic acids is 1. The molecule has 2 heterocycles. The van der Waals surface area contributed by atoms with E-state index in [0.29, 0.717) is 16.8 Å². The van der Waals surface area contributed by atoms with Crippen LogP contribution >= 0.6 is 11.6 Å². The van der Waals surface area contributed by atoms with Crippen LogP contribution in [0.25, 0.3) is 10.9 Å². The van der Waals surface area contributed by atoms with Gasteiger partial charge in [-0.1, -0.05) is 44.0 Å². The van der Waals surface area contributed by atoms with Crippen molar-refractivity contribution in [2.75, 3.05) is 6.61 Å². The average molecular weight is 433 g/mol. The van der Waals surface area contributed by atoms with Crippen molar-refractivity contribution in [3.63, 3.8) is 0 Å². The number of halogens is 2. The lowest BCUT2D eigenvalue weighted by Crippen LogP contribution is -2.26. The fourth-order valence-corrected chi connectivity index (χ4v) is 3.70. The molecule has 0 aliphatic carbocycles. The smallest absolute Gasteiger partial charge is 0.341 e. The Morgan fingerprint density at radius 3 is 2.73 bits per heavy atom. The molecule has 3 rings (SSSR count). The molecule has 1 aromatic carbocycles. The van der Waals surface area contributed by atoms with Gasteiger partial charge in [-0.2, -0.15) is 0 Å². The number of carbonyl (C=O) groups is 1. The van der Waals surface area contributed by atoms with E-state index in [9.17, 15) is 24.2 Å². The summed E-state index contributed by atoms with van der Waals surface area (Å²) in [5.74, 6) is -1.88. The second-order valence-electron chi connectivity index (χ2n) is 7.30. The van der Waals surface area contributed by atoms with Crippen molar-refractivity contribution in [3.05, 3.63) is 74.5 Å². The minimum Gasteiger partial charge on any atom is -0.477 e. The number of nitrogens with zero attached hydrogens (tertiary/aromatic N) is 2. The normalized spacial score (nSPS) is 13.4. The largest absolute Gasteiger partial charge is 0.477 e. The maximum absolute atomic E-state index is 14.3. The van der Waals surface area contributed by atoms with Gasteiger partial charge in [-0.05, 0) is 23.6 Å². The number of carboxylic acid groups (broad SMARTS) is 1. The van der Waals surface area contributed by atoms with Gasteiger partial charge in [0.05, 0.1) is 29.4 Å². The van der Waals surface area contributed by atoms with E-state index < -0.39 is 28.8 Å². The van der Waals surface area contributed by atoms with Crippen molar-refractivity contribution >= 4 is 28.5 Å². The molecule has 0 aliphatic heterocycles. The Morgan fingerprint density at radius 1 is 1.37 bits per heavy atom. The molecule has 2 atom stereocenters. The molecule has 2 aromatic heterocycles. The van der Waals surface area contributed by atoms with E-state index in [4.69, 9.17) is 11.6 Å². The zero-order valence-corrected chi connectivity index (χ0v) is 17.4. The molecule has 2 N–H and O–H groups in total. The summed E-state index contributed by atoms with van der Waals surface area (Å²) in [6.45, 7) is 3.68. The molecule has 0 spiro atoms. The van der Waals surface area contributed by atoms with Crippen LogP contribution in [0.3, 0.4) is 0 Å². The van der Waals surface area contributed by atoms with Gasteiger partial charge in [-0.15, -0.1) is 0 Å². The Labute approximate surface area is 177 Å². The van der Waals surface area contributed by atoms with Gasteiger partial charge < -0.3 is 14.8 Å². The lowest BCUT2D eigenvalue weighted by molar-refractivity contribution is 0.0694. The molecule has 0 aliphatic rings. The van der Waals surface area contributed by atoms with Crippen molar-refractivity contribution in [2.24, 2.45) is 5.92 Å². The molecular weight excluding hydrogens is 411 g/mol. The SMILES string of the molecule is CCC(C)[C@@H](CO)n1cc(C(=O)O)c(=O)c2cc(Cc3cccc(Cl)c3F)ncc21. The van der Waals surface area contributed by atoms with Crippen LogP contribution in [0.15, 0.2) is 41.5 Å². The number of fused-ring (bicyclic) bond motifs is 1. The molecule has 0 amide bonds. The third-order valence-electron chi connectivity index (χ3n) is 5.45. The molecule has 6 nitrogen and oxygen atoms in total. The minimum atomic E-state index is -1.35. The topological polar surface area (TPSA) is 92.4 Å². The number of rotatable bonds is 7. The number of aromatic nitrogens is 2. The first-order valence-electron chi connectivity index (χ1n) is 9.59. The second kappa shape index (κ2) is 8.93. The maximum Gasteiger partial charge on any atom is 0.341 e. The first kappa shape index (κ1) is 21.9. The molecule has 0 radical (unpaired) electrons. The summed E-state index contributed by atoms with van der Waals surface area (Å²) < 4.78 is 15.9. The summed E-state index contributed by atoms with van der Waals surface area (Å²) in [7, 11) is 0. The van der Waals surface area contributed by atoms with Crippen LogP contribution in [-0.4, -0.2) is 32.3 Å². The first-order chi connectivity index (χ1) is 14.3. The summed E-state index contributed by atoms with van der Waals surface area (Å²) in [6.07, 6.45) is 3.57. The minimum absolute atomic E-state index is 0.0110. The van der Waals surface area contributed by atoms with Crippen LogP contribution in [0.2, 0.25) is 5.02 Å². The van der Waals surface area contributed by atoms with Crippen molar-refractivity contribution in [1.82, 2.24) is 9.55 Å². The Hall–Kier alpha value is -2.77. The van der Waals surface area contributed by atoms with E-state index in [1.54, 1.807) is 16.7 Å². The Morgan fingerprint density at radius 2 is 2.10 bits per heavy atom. The monoisotopic (exact) mass is 432 g/mol. The molecule has 0 fully saturated rings. The highest BCUT2D eigenvalue weighted by Crippen LogP contribution is 2.26. The maximum atomic E-state index is 14.3. The standard InChI is InChI=1S/C22H22ClFN2O4/c1-3-12(2)19(11-27)26-10-16(22(29)30)21(28)15-8-14(25-9-18(15)26)7-13-5-4-6-17(23)20(13)24/h4-6,8-10,12,19,27H,3,7,11H2,1-2H3,(H,29,30)/t12?,19-/m1/s1. The van der Waals surface area contributed by atoms with E-state index >= 15 is 0 Å². The van der Waals surface area contributed by atoms with E-state index in [-0.39, 0.29) is 29.4 Å². The molecule has 3 aromatic rings. The lowest BCUT2D eigenvalue weighted by Gasteiger charge is -2.26. The summed E-state index contributed by atoms with van der Waals surface area (Å²) in [5.41, 5.74) is 0.0932. The highest BCUT2D eigenvalue weighted by atomic mass is 35.5. The Bertz CT molecular complexity index is 1160.